The molecule has 0 spiro atoms. The van der Waals surface area contributed by atoms with Crippen molar-refractivity contribution < 1.29 is 75.6 Å². The molecule has 27 nitrogen and oxygen atoms in total. The molecule has 0 radical (unpaired) electrons. The molecule has 0 fully saturated rings. The normalized spacial score (nSPS) is 13.0. The highest BCUT2D eigenvalue weighted by Gasteiger charge is 2.23. The van der Waals surface area contributed by atoms with Gasteiger partial charge in [-0.3, -0.25) is 18.2 Å². The van der Waals surface area contributed by atoms with Gasteiger partial charge in [-0.1, -0.05) is 18.2 Å². The maximum atomic E-state index is 13.5. The van der Waals surface area contributed by atoms with Crippen LogP contribution >= 0.6 is 0 Å². The molecule has 0 heterocycles. The van der Waals surface area contributed by atoms with Crippen LogP contribution in [0.5, 0.6) is 23.0 Å². The summed E-state index contributed by atoms with van der Waals surface area (Å²) in [5, 5.41) is 40.2. The van der Waals surface area contributed by atoms with Gasteiger partial charge < -0.3 is 29.6 Å². The first-order chi connectivity index (χ1) is 39.4. The number of azo groups is 4. The Labute approximate surface area is 481 Å². The van der Waals surface area contributed by atoms with Crippen LogP contribution in [0, 0.1) is 27.7 Å². The third-order valence-corrected chi connectivity index (χ3v) is 15.8. The molecule has 0 aliphatic carbocycles. The van der Waals surface area contributed by atoms with E-state index in [0.717, 1.165) is 12.1 Å². The summed E-state index contributed by atoms with van der Waals surface area (Å²) in [6, 6.07) is 19.6. The monoisotopic (exact) mass is 1230 g/mol. The van der Waals surface area contributed by atoms with Crippen LogP contribution in [0.4, 0.5) is 56.0 Å². The molecule has 0 aliphatic rings. The van der Waals surface area contributed by atoms with Crippen molar-refractivity contribution in [2.75, 3.05) is 45.6 Å². The van der Waals surface area contributed by atoms with Crippen molar-refractivity contribution in [1.82, 2.24) is 0 Å². The second kappa shape index (κ2) is 25.3. The summed E-state index contributed by atoms with van der Waals surface area (Å²) in [5.74, 6) is 1.00. The number of hydrogen-bond acceptors (Lipinski definition) is 21. The summed E-state index contributed by atoms with van der Waals surface area (Å²) < 4.78 is 157. The van der Waals surface area contributed by atoms with Crippen molar-refractivity contribution in [2.45, 2.75) is 54.2 Å². The first-order valence-electron chi connectivity index (χ1n) is 24.2. The number of nitrogens with zero attached hydrogens (tertiary/aromatic N) is 8. The zero-order chi connectivity index (χ0) is 61.6. The third kappa shape index (κ3) is 14.8. The molecule has 7 aromatic rings. The SMILES string of the molecule is C/C=c1/cc(S(=O)(=O)O)cc(S(=O)(=O)O)/c1=C/C/N=N\c1cc(OC)c(/N=N\c2cc(OC)c(NC(=O)Nc3cc(C)c(N=Nc4cc(C)c(N=Nc5ccc6cc(S(=O)(=O)O)cc(S(=O)(=O)O)c6c5)cc4OC)cc3OC)cc2C)cc1C. The number of methoxy groups -OCH3 is 4. The highest BCUT2D eigenvalue weighted by molar-refractivity contribution is 7.87. The Bertz CT molecular complexity index is 4560. The number of anilines is 2. The first-order valence-corrected chi connectivity index (χ1v) is 30.0. The van der Waals surface area contributed by atoms with Gasteiger partial charge in [-0.25, -0.2) is 4.79 Å². The van der Waals surface area contributed by atoms with Crippen molar-refractivity contribution >= 4 is 121 Å². The van der Waals surface area contributed by atoms with E-state index in [1.54, 1.807) is 76.2 Å². The number of hydrogen-bond donors (Lipinski definition) is 6. The molecule has 31 heteroatoms. The molecule has 0 atom stereocenters. The van der Waals surface area contributed by atoms with Gasteiger partial charge >= 0.3 is 6.03 Å². The van der Waals surface area contributed by atoms with Gasteiger partial charge in [-0.15, -0.1) is 10.2 Å². The van der Waals surface area contributed by atoms with E-state index in [9.17, 15) is 56.7 Å². The molecule has 0 aromatic heterocycles. The lowest BCUT2D eigenvalue weighted by Crippen LogP contribution is -2.31. The van der Waals surface area contributed by atoms with Crippen LogP contribution in [-0.4, -0.2) is 92.9 Å². The van der Waals surface area contributed by atoms with E-state index in [2.05, 4.69) is 51.5 Å². The summed E-state index contributed by atoms with van der Waals surface area (Å²) in [5.41, 5.74) is 5.17. The van der Waals surface area contributed by atoms with Crippen LogP contribution in [-0.2, 0) is 40.5 Å². The van der Waals surface area contributed by atoms with E-state index >= 15 is 0 Å². The standard InChI is InChI=1S/C53H52N10O17S4/c1-10-32-19-35(81(65,66)67)22-51(83(71,72)73)37(32)13-14-54-58-39-24-49(79-8)45(17-30(39)4)62-60-41-25-47(77-6)43(15-28(41)2)55-53(64)56-44-16-29(3)42(26-48(44)78-7)61-63-46-18-31(5)40(27-50(46)80-9)59-57-34-12-11-33-20-36(82(68,69)70)23-52(38(33)21-34)84(74,75)76/h10-13,15-27H,14H2,1-9H3,(H2,55,56,64)(H,65,66,67)(H,68,69,70)(H,71,72,73)(H,74,75,76)/b32-10-,37-13+,58-54-,59-57?,62-60-,63-61?. The quantitative estimate of drug-likeness (QED) is 0.0323. The van der Waals surface area contributed by atoms with Gasteiger partial charge in [0.05, 0.1) is 84.6 Å². The first kappa shape index (κ1) is 62.6. The average Bonchev–Trinajstić information content (AvgIpc) is 3.62. The largest absolute Gasteiger partial charge is 0.494 e. The van der Waals surface area contributed by atoms with E-state index in [1.807, 2.05) is 0 Å². The molecule has 0 aliphatic heterocycles. The molecular formula is C53H52N10O17S4. The van der Waals surface area contributed by atoms with Crippen LogP contribution in [0.1, 0.15) is 29.2 Å². The van der Waals surface area contributed by atoms with Crippen molar-refractivity contribution in [3.05, 3.63) is 124 Å². The molecule has 0 unspecified atom stereocenters. The van der Waals surface area contributed by atoms with Crippen molar-refractivity contribution in [3.63, 3.8) is 0 Å². The lowest BCUT2D eigenvalue weighted by molar-refractivity contribution is 0.262. The Hall–Kier alpha value is -8.95. The Morgan fingerprint density at radius 1 is 0.476 bits per heavy atom. The van der Waals surface area contributed by atoms with Crippen LogP contribution in [0.15, 0.2) is 151 Å². The number of nitrogens with one attached hydrogen (secondary N) is 2. The number of carbonyl (C=O) groups excluding carboxylic acids is 1. The molecule has 7 aromatic carbocycles. The highest BCUT2D eigenvalue weighted by atomic mass is 32.2. The van der Waals surface area contributed by atoms with Gasteiger partial charge in [0.2, 0.25) is 0 Å². The lowest BCUT2D eigenvalue weighted by Gasteiger charge is -2.15. The molecule has 2 amide bonds. The second-order valence-electron chi connectivity index (χ2n) is 18.0. The Morgan fingerprint density at radius 3 is 1.35 bits per heavy atom. The minimum Gasteiger partial charge on any atom is -0.494 e. The number of amides is 2. The minimum atomic E-state index is -4.94. The zero-order valence-electron chi connectivity index (χ0n) is 45.8. The van der Waals surface area contributed by atoms with Crippen LogP contribution < -0.4 is 40.0 Å². The van der Waals surface area contributed by atoms with Crippen LogP contribution in [0.25, 0.3) is 22.9 Å². The number of rotatable bonds is 19. The highest BCUT2D eigenvalue weighted by Crippen LogP contribution is 2.41. The second-order valence-corrected chi connectivity index (χ2v) is 23.7. The molecule has 0 saturated carbocycles. The van der Waals surface area contributed by atoms with Gasteiger partial charge in [0, 0.05) is 34.9 Å². The van der Waals surface area contributed by atoms with Gasteiger partial charge in [0.1, 0.15) is 44.2 Å². The maximum absolute atomic E-state index is 13.5. The Kier molecular flexibility index (Phi) is 18.8. The van der Waals surface area contributed by atoms with E-state index in [0.29, 0.717) is 79.9 Å². The number of carbonyl (C=O) groups is 1. The maximum Gasteiger partial charge on any atom is 0.323 e. The number of urea groups is 1. The predicted molar refractivity (Wildman–Crippen MR) is 309 cm³/mol. The molecule has 0 bridgehead atoms. The van der Waals surface area contributed by atoms with Crippen LogP contribution in [0.2, 0.25) is 0 Å². The summed E-state index contributed by atoms with van der Waals surface area (Å²) >= 11 is 0. The topological polar surface area (TPSA) is 394 Å². The van der Waals surface area contributed by atoms with Gasteiger partial charge in [-0.2, -0.15) is 64.4 Å². The number of aryl methyl sites for hydroxylation is 4. The van der Waals surface area contributed by atoms with E-state index < -0.39 is 66.1 Å². The van der Waals surface area contributed by atoms with Gasteiger partial charge in [0.15, 0.2) is 0 Å². The summed E-state index contributed by atoms with van der Waals surface area (Å²) in [4.78, 5) is 10.6. The molecular weight excluding hydrogens is 1180 g/mol. The minimum absolute atomic E-state index is 0.0539. The van der Waals surface area contributed by atoms with Gasteiger partial charge in [-0.05, 0) is 128 Å². The third-order valence-electron chi connectivity index (χ3n) is 12.4. The molecule has 84 heavy (non-hydrogen) atoms. The van der Waals surface area contributed by atoms with E-state index in [4.69, 9.17) is 18.9 Å². The fourth-order valence-corrected chi connectivity index (χ4v) is 10.8. The average molecular weight is 1230 g/mol. The Morgan fingerprint density at radius 2 is 0.893 bits per heavy atom. The lowest BCUT2D eigenvalue weighted by atomic mass is 10.1. The predicted octanol–water partition coefficient (Wildman–Crippen LogP) is 11.3. The number of ether oxygens (including phenoxy) is 4. The fraction of sp³-hybridized carbons (Fsp3) is 0.189. The fourth-order valence-electron chi connectivity index (χ4n) is 8.13. The van der Waals surface area contributed by atoms with Gasteiger partial charge in [0.25, 0.3) is 40.5 Å². The van der Waals surface area contributed by atoms with E-state index in [-0.39, 0.29) is 56.4 Å². The molecule has 6 N–H and O–H groups in total. The number of benzene rings is 7. The van der Waals surface area contributed by atoms with Crippen molar-refractivity contribution in [3.8, 4) is 23.0 Å². The number of fused-ring (bicyclic) bond motifs is 1. The molecule has 0 saturated heterocycles. The summed E-state index contributed by atoms with van der Waals surface area (Å²) in [7, 11) is -13.8. The Balaban J connectivity index is 1.04. The summed E-state index contributed by atoms with van der Waals surface area (Å²) in [6.45, 7) is 8.25. The van der Waals surface area contributed by atoms with E-state index in [1.165, 1.54) is 65.7 Å². The smallest absolute Gasteiger partial charge is 0.323 e. The zero-order valence-corrected chi connectivity index (χ0v) is 49.1. The van der Waals surface area contributed by atoms with Crippen molar-refractivity contribution in [2.24, 2.45) is 40.9 Å². The molecule has 7 rings (SSSR count). The summed E-state index contributed by atoms with van der Waals surface area (Å²) in [6.07, 6.45) is 2.72. The van der Waals surface area contributed by atoms with Crippen LogP contribution in [0.3, 0.4) is 0 Å². The molecule has 440 valence electrons. The van der Waals surface area contributed by atoms with Crippen molar-refractivity contribution in [1.29, 1.82) is 0 Å².